The van der Waals surface area contributed by atoms with Gasteiger partial charge in [0.15, 0.2) is 11.6 Å². The van der Waals surface area contributed by atoms with Gasteiger partial charge in [-0.2, -0.15) is 0 Å². The first-order chi connectivity index (χ1) is 8.86. The van der Waals surface area contributed by atoms with Crippen molar-refractivity contribution in [2.75, 3.05) is 19.7 Å². The molecule has 1 aromatic rings. The van der Waals surface area contributed by atoms with Crippen molar-refractivity contribution in [3.63, 3.8) is 0 Å². The van der Waals surface area contributed by atoms with Crippen LogP contribution in [-0.4, -0.2) is 19.7 Å². The first kappa shape index (κ1) is 13.3. The van der Waals surface area contributed by atoms with Gasteiger partial charge in [0.05, 0.1) is 0 Å². The number of halogens is 1. The molecule has 1 aliphatic rings. The van der Waals surface area contributed by atoms with Crippen molar-refractivity contribution in [1.82, 2.24) is 5.32 Å². The lowest BCUT2D eigenvalue weighted by Crippen LogP contribution is -2.28. The highest BCUT2D eigenvalue weighted by Gasteiger charge is 2.12. The number of hydrogen-bond acceptors (Lipinski definition) is 2. The van der Waals surface area contributed by atoms with Gasteiger partial charge in [-0.05, 0) is 37.4 Å². The number of para-hydroxylation sites is 1. The maximum absolute atomic E-state index is 13.2. The summed E-state index contributed by atoms with van der Waals surface area (Å²) in [4.78, 5) is 0. The average molecular weight is 251 g/mol. The fourth-order valence-corrected chi connectivity index (χ4v) is 2.49. The summed E-state index contributed by atoms with van der Waals surface area (Å²) >= 11 is 0. The SMILES string of the molecule is Fc1ccccc1OCCNCC1CCCCC1. The molecule has 100 valence electrons. The van der Waals surface area contributed by atoms with E-state index in [4.69, 9.17) is 4.74 Å². The normalized spacial score (nSPS) is 16.7. The van der Waals surface area contributed by atoms with E-state index in [0.29, 0.717) is 12.4 Å². The molecular weight excluding hydrogens is 229 g/mol. The summed E-state index contributed by atoms with van der Waals surface area (Å²) in [6, 6.07) is 6.54. The van der Waals surface area contributed by atoms with Gasteiger partial charge in [0.2, 0.25) is 0 Å². The van der Waals surface area contributed by atoms with Crippen molar-refractivity contribution in [3.8, 4) is 5.75 Å². The fraction of sp³-hybridized carbons (Fsp3) is 0.600. The van der Waals surface area contributed by atoms with E-state index >= 15 is 0 Å². The Morgan fingerprint density at radius 2 is 1.94 bits per heavy atom. The van der Waals surface area contributed by atoms with Crippen molar-refractivity contribution in [3.05, 3.63) is 30.1 Å². The molecular formula is C15H22FNO. The van der Waals surface area contributed by atoms with Crippen LogP contribution in [0.3, 0.4) is 0 Å². The van der Waals surface area contributed by atoms with Crippen LogP contribution in [0.1, 0.15) is 32.1 Å². The average Bonchev–Trinajstić information content (AvgIpc) is 2.42. The van der Waals surface area contributed by atoms with Gasteiger partial charge in [0.25, 0.3) is 0 Å². The zero-order valence-corrected chi connectivity index (χ0v) is 10.8. The van der Waals surface area contributed by atoms with E-state index in [1.807, 2.05) is 0 Å². The Morgan fingerprint density at radius 3 is 2.72 bits per heavy atom. The molecule has 0 spiro atoms. The maximum Gasteiger partial charge on any atom is 0.165 e. The van der Waals surface area contributed by atoms with Crippen LogP contribution in [0.2, 0.25) is 0 Å². The second kappa shape index (κ2) is 7.37. The van der Waals surface area contributed by atoms with Gasteiger partial charge in [-0.15, -0.1) is 0 Å². The molecule has 18 heavy (non-hydrogen) atoms. The third-order valence-electron chi connectivity index (χ3n) is 3.53. The van der Waals surface area contributed by atoms with Crippen LogP contribution >= 0.6 is 0 Å². The minimum Gasteiger partial charge on any atom is -0.489 e. The summed E-state index contributed by atoms with van der Waals surface area (Å²) < 4.78 is 18.6. The number of nitrogens with one attached hydrogen (secondary N) is 1. The molecule has 0 saturated heterocycles. The third-order valence-corrected chi connectivity index (χ3v) is 3.53. The smallest absolute Gasteiger partial charge is 0.165 e. The Bertz CT molecular complexity index is 350. The van der Waals surface area contributed by atoms with Gasteiger partial charge in [-0.25, -0.2) is 4.39 Å². The highest BCUT2D eigenvalue weighted by atomic mass is 19.1. The predicted octanol–water partition coefficient (Wildman–Crippen LogP) is 3.37. The molecule has 0 radical (unpaired) electrons. The van der Waals surface area contributed by atoms with Crippen molar-refractivity contribution in [2.45, 2.75) is 32.1 Å². The lowest BCUT2D eigenvalue weighted by molar-refractivity contribution is 0.284. The molecule has 3 heteroatoms. The monoisotopic (exact) mass is 251 g/mol. The zero-order chi connectivity index (χ0) is 12.6. The molecule has 1 aromatic carbocycles. The van der Waals surface area contributed by atoms with Gasteiger partial charge in [0.1, 0.15) is 6.61 Å². The first-order valence-electron chi connectivity index (χ1n) is 6.94. The van der Waals surface area contributed by atoms with E-state index in [9.17, 15) is 4.39 Å². The largest absolute Gasteiger partial charge is 0.489 e. The van der Waals surface area contributed by atoms with Gasteiger partial charge in [-0.3, -0.25) is 0 Å². The summed E-state index contributed by atoms with van der Waals surface area (Å²) in [5, 5.41) is 3.40. The molecule has 1 aliphatic carbocycles. The van der Waals surface area contributed by atoms with E-state index in [0.717, 1.165) is 19.0 Å². The Balaban J connectivity index is 1.57. The number of hydrogen-bond donors (Lipinski definition) is 1. The van der Waals surface area contributed by atoms with Crippen LogP contribution in [0.5, 0.6) is 5.75 Å². The lowest BCUT2D eigenvalue weighted by Gasteiger charge is -2.21. The van der Waals surface area contributed by atoms with Gasteiger partial charge < -0.3 is 10.1 Å². The standard InChI is InChI=1S/C15H22FNO/c16-14-8-4-5-9-15(14)18-11-10-17-12-13-6-2-1-3-7-13/h4-5,8-9,13,17H,1-3,6-7,10-12H2. The predicted molar refractivity (Wildman–Crippen MR) is 71.3 cm³/mol. The molecule has 2 rings (SSSR count). The summed E-state index contributed by atoms with van der Waals surface area (Å²) in [5.41, 5.74) is 0. The molecule has 1 N–H and O–H groups in total. The Morgan fingerprint density at radius 1 is 1.17 bits per heavy atom. The molecule has 0 atom stereocenters. The quantitative estimate of drug-likeness (QED) is 0.783. The van der Waals surface area contributed by atoms with E-state index in [2.05, 4.69) is 5.32 Å². The second-order valence-electron chi connectivity index (χ2n) is 4.99. The summed E-state index contributed by atoms with van der Waals surface area (Å²) in [6.07, 6.45) is 6.84. The topological polar surface area (TPSA) is 21.3 Å². The van der Waals surface area contributed by atoms with E-state index < -0.39 is 0 Å². The molecule has 0 aliphatic heterocycles. The van der Waals surface area contributed by atoms with Crippen molar-refractivity contribution >= 4 is 0 Å². The van der Waals surface area contributed by atoms with Crippen LogP contribution in [0.4, 0.5) is 4.39 Å². The van der Waals surface area contributed by atoms with Gasteiger partial charge in [0, 0.05) is 6.54 Å². The molecule has 0 bridgehead atoms. The zero-order valence-electron chi connectivity index (χ0n) is 10.8. The second-order valence-corrected chi connectivity index (χ2v) is 4.99. The molecule has 1 saturated carbocycles. The van der Waals surface area contributed by atoms with Gasteiger partial charge in [-0.1, -0.05) is 31.4 Å². The summed E-state index contributed by atoms with van der Waals surface area (Å²) in [7, 11) is 0. The minimum absolute atomic E-state index is 0.287. The van der Waals surface area contributed by atoms with Crippen LogP contribution in [0, 0.1) is 11.7 Å². The third kappa shape index (κ3) is 4.30. The fourth-order valence-electron chi connectivity index (χ4n) is 2.49. The highest BCUT2D eigenvalue weighted by Crippen LogP contribution is 2.22. The van der Waals surface area contributed by atoms with Crippen LogP contribution in [0.15, 0.2) is 24.3 Å². The van der Waals surface area contributed by atoms with E-state index in [1.54, 1.807) is 18.2 Å². The number of ether oxygens (including phenoxy) is 1. The first-order valence-corrected chi connectivity index (χ1v) is 6.94. The highest BCUT2D eigenvalue weighted by molar-refractivity contribution is 5.23. The Labute approximate surface area is 109 Å². The summed E-state index contributed by atoms with van der Waals surface area (Å²) in [5.74, 6) is 0.883. The minimum atomic E-state index is -0.287. The summed E-state index contributed by atoms with van der Waals surface area (Å²) in [6.45, 7) is 2.37. The molecule has 0 aromatic heterocycles. The molecule has 0 amide bonds. The Kier molecular flexibility index (Phi) is 5.46. The van der Waals surface area contributed by atoms with Crippen molar-refractivity contribution < 1.29 is 9.13 Å². The van der Waals surface area contributed by atoms with Crippen LogP contribution < -0.4 is 10.1 Å². The van der Waals surface area contributed by atoms with Gasteiger partial charge >= 0.3 is 0 Å². The van der Waals surface area contributed by atoms with Crippen LogP contribution in [0.25, 0.3) is 0 Å². The van der Waals surface area contributed by atoms with E-state index in [1.165, 1.54) is 38.2 Å². The van der Waals surface area contributed by atoms with Crippen molar-refractivity contribution in [1.29, 1.82) is 0 Å². The Hall–Kier alpha value is -1.09. The van der Waals surface area contributed by atoms with Crippen molar-refractivity contribution in [2.24, 2.45) is 5.92 Å². The number of benzene rings is 1. The van der Waals surface area contributed by atoms with E-state index in [-0.39, 0.29) is 5.82 Å². The van der Waals surface area contributed by atoms with Crippen LogP contribution in [-0.2, 0) is 0 Å². The molecule has 1 fully saturated rings. The lowest BCUT2D eigenvalue weighted by atomic mass is 9.89. The molecule has 0 heterocycles. The molecule has 2 nitrogen and oxygen atoms in total. The molecule has 0 unspecified atom stereocenters. The maximum atomic E-state index is 13.2. The number of rotatable bonds is 6.